The van der Waals surface area contributed by atoms with Crippen molar-refractivity contribution in [2.45, 2.75) is 0 Å². The number of carbonyl (C=O) groups is 1. The summed E-state index contributed by atoms with van der Waals surface area (Å²) in [6, 6.07) is 11.2. The maximum Gasteiger partial charge on any atom is 0.265 e. The van der Waals surface area contributed by atoms with Gasteiger partial charge in [0.15, 0.2) is 5.13 Å². The summed E-state index contributed by atoms with van der Waals surface area (Å²) < 4.78 is 0. The van der Waals surface area contributed by atoms with E-state index in [1.807, 2.05) is 41.1 Å². The zero-order valence-electron chi connectivity index (χ0n) is 10.4. The van der Waals surface area contributed by atoms with Crippen molar-refractivity contribution < 1.29 is 4.79 Å². The van der Waals surface area contributed by atoms with Gasteiger partial charge in [-0.15, -0.1) is 22.7 Å². The molecule has 20 heavy (non-hydrogen) atoms. The van der Waals surface area contributed by atoms with Gasteiger partial charge in [-0.2, -0.15) is 0 Å². The summed E-state index contributed by atoms with van der Waals surface area (Å²) in [5, 5.41) is 7.20. The second-order valence-corrected chi connectivity index (χ2v) is 5.92. The fourth-order valence-corrected chi connectivity index (χ4v) is 2.94. The third-order valence-electron chi connectivity index (χ3n) is 2.71. The molecule has 0 bridgehead atoms. The molecule has 0 radical (unpaired) electrons. The highest BCUT2D eigenvalue weighted by Crippen LogP contribution is 2.24. The fraction of sp³-hybridized carbons (Fsp3) is 0. The van der Waals surface area contributed by atoms with Gasteiger partial charge in [-0.05, 0) is 23.6 Å². The van der Waals surface area contributed by atoms with Crippen LogP contribution < -0.4 is 11.1 Å². The van der Waals surface area contributed by atoms with Crippen LogP contribution in [-0.2, 0) is 0 Å². The van der Waals surface area contributed by atoms with Crippen molar-refractivity contribution in [1.29, 1.82) is 0 Å². The van der Waals surface area contributed by atoms with Crippen LogP contribution in [0.15, 0.2) is 47.2 Å². The van der Waals surface area contributed by atoms with Crippen LogP contribution in [0.5, 0.6) is 0 Å². The van der Waals surface area contributed by atoms with Crippen LogP contribution in [-0.4, -0.2) is 10.9 Å². The number of thiophene rings is 1. The van der Waals surface area contributed by atoms with E-state index in [1.54, 1.807) is 6.07 Å². The molecule has 1 aromatic carbocycles. The molecule has 0 saturated carbocycles. The zero-order valence-corrected chi connectivity index (χ0v) is 12.0. The van der Waals surface area contributed by atoms with Crippen molar-refractivity contribution in [3.05, 3.63) is 52.0 Å². The van der Waals surface area contributed by atoms with Crippen LogP contribution in [0.3, 0.4) is 0 Å². The lowest BCUT2D eigenvalue weighted by atomic mass is 10.1. The van der Waals surface area contributed by atoms with Crippen molar-refractivity contribution in [2.75, 3.05) is 11.1 Å². The molecule has 3 aromatic rings. The Labute approximate surface area is 123 Å². The van der Waals surface area contributed by atoms with E-state index in [-0.39, 0.29) is 5.91 Å². The summed E-state index contributed by atoms with van der Waals surface area (Å²) in [7, 11) is 0. The summed E-state index contributed by atoms with van der Waals surface area (Å²) in [5.74, 6) is -0.0920. The van der Waals surface area contributed by atoms with Gasteiger partial charge in [-0.3, -0.25) is 4.79 Å². The molecule has 0 aliphatic heterocycles. The van der Waals surface area contributed by atoms with E-state index in [9.17, 15) is 4.79 Å². The lowest BCUT2D eigenvalue weighted by Gasteiger charge is -2.04. The Morgan fingerprint density at radius 2 is 1.95 bits per heavy atom. The van der Waals surface area contributed by atoms with Crippen molar-refractivity contribution >= 4 is 39.4 Å². The first-order valence-electron chi connectivity index (χ1n) is 5.89. The number of anilines is 2. The van der Waals surface area contributed by atoms with Gasteiger partial charge in [0, 0.05) is 16.6 Å². The van der Waals surface area contributed by atoms with E-state index < -0.39 is 0 Å². The van der Waals surface area contributed by atoms with Crippen LogP contribution in [0.2, 0.25) is 0 Å². The molecule has 0 aliphatic rings. The van der Waals surface area contributed by atoms with E-state index in [4.69, 9.17) is 5.73 Å². The van der Waals surface area contributed by atoms with Crippen molar-refractivity contribution in [3.63, 3.8) is 0 Å². The SMILES string of the molecule is Nc1nc(-c2ccc(NC(=O)c3cccs3)cc2)cs1. The molecule has 3 rings (SSSR count). The Morgan fingerprint density at radius 1 is 1.15 bits per heavy atom. The summed E-state index contributed by atoms with van der Waals surface area (Å²) in [6.07, 6.45) is 0. The van der Waals surface area contributed by atoms with Crippen LogP contribution in [0.1, 0.15) is 9.67 Å². The Morgan fingerprint density at radius 3 is 2.55 bits per heavy atom. The van der Waals surface area contributed by atoms with Gasteiger partial charge in [-0.1, -0.05) is 18.2 Å². The highest BCUT2D eigenvalue weighted by Gasteiger charge is 2.07. The van der Waals surface area contributed by atoms with Crippen molar-refractivity contribution in [2.24, 2.45) is 0 Å². The van der Waals surface area contributed by atoms with Crippen molar-refractivity contribution in [1.82, 2.24) is 4.98 Å². The number of nitrogens with zero attached hydrogens (tertiary/aromatic N) is 1. The molecule has 0 aliphatic carbocycles. The highest BCUT2D eigenvalue weighted by atomic mass is 32.1. The van der Waals surface area contributed by atoms with Crippen molar-refractivity contribution in [3.8, 4) is 11.3 Å². The van der Waals surface area contributed by atoms with Crippen LogP contribution in [0.4, 0.5) is 10.8 Å². The largest absolute Gasteiger partial charge is 0.375 e. The third kappa shape index (κ3) is 2.71. The molecule has 100 valence electrons. The standard InChI is InChI=1S/C14H11N3OS2/c15-14-17-11(8-20-14)9-3-5-10(6-4-9)16-13(18)12-2-1-7-19-12/h1-8H,(H2,15,17)(H,16,18). The van der Waals surface area contributed by atoms with E-state index in [0.29, 0.717) is 10.0 Å². The number of benzene rings is 1. The summed E-state index contributed by atoms with van der Waals surface area (Å²) in [4.78, 5) is 16.8. The number of amides is 1. The van der Waals surface area contributed by atoms with E-state index in [0.717, 1.165) is 16.9 Å². The quantitative estimate of drug-likeness (QED) is 0.775. The Hall–Kier alpha value is -2.18. The maximum atomic E-state index is 11.9. The predicted molar refractivity (Wildman–Crippen MR) is 84.2 cm³/mol. The lowest BCUT2D eigenvalue weighted by Crippen LogP contribution is -2.09. The Balaban J connectivity index is 1.75. The topological polar surface area (TPSA) is 68.0 Å². The van der Waals surface area contributed by atoms with Gasteiger partial charge < -0.3 is 11.1 Å². The number of nitrogens with two attached hydrogens (primary N) is 1. The average molecular weight is 301 g/mol. The lowest BCUT2D eigenvalue weighted by molar-refractivity contribution is 0.103. The van der Waals surface area contributed by atoms with Crippen LogP contribution in [0, 0.1) is 0 Å². The number of nitrogens with one attached hydrogen (secondary N) is 1. The first-order valence-corrected chi connectivity index (χ1v) is 7.64. The van der Waals surface area contributed by atoms with Crippen LogP contribution >= 0.6 is 22.7 Å². The maximum absolute atomic E-state index is 11.9. The van der Waals surface area contributed by atoms with Gasteiger partial charge >= 0.3 is 0 Å². The molecule has 0 fully saturated rings. The Kier molecular flexibility index (Phi) is 3.49. The minimum atomic E-state index is -0.0920. The molecule has 6 heteroatoms. The molecule has 1 amide bonds. The molecule has 2 aromatic heterocycles. The average Bonchev–Trinajstić information content (AvgIpc) is 3.10. The number of rotatable bonds is 3. The molecule has 4 nitrogen and oxygen atoms in total. The number of carbonyl (C=O) groups excluding carboxylic acids is 1. The van der Waals surface area contributed by atoms with E-state index in [1.165, 1.54) is 22.7 Å². The molecule has 2 heterocycles. The molecule has 0 saturated heterocycles. The zero-order chi connectivity index (χ0) is 13.9. The van der Waals surface area contributed by atoms with Gasteiger partial charge in [-0.25, -0.2) is 4.98 Å². The smallest absolute Gasteiger partial charge is 0.265 e. The van der Waals surface area contributed by atoms with E-state index >= 15 is 0 Å². The second-order valence-electron chi connectivity index (χ2n) is 4.08. The normalized spacial score (nSPS) is 10.4. The minimum Gasteiger partial charge on any atom is -0.375 e. The van der Waals surface area contributed by atoms with Gasteiger partial charge in [0.25, 0.3) is 5.91 Å². The second kappa shape index (κ2) is 5.44. The first kappa shape index (κ1) is 12.8. The first-order chi connectivity index (χ1) is 9.72. The number of aromatic nitrogens is 1. The molecule has 0 unspecified atom stereocenters. The van der Waals surface area contributed by atoms with Gasteiger partial charge in [0.2, 0.25) is 0 Å². The van der Waals surface area contributed by atoms with Gasteiger partial charge in [0.05, 0.1) is 10.6 Å². The minimum absolute atomic E-state index is 0.0920. The summed E-state index contributed by atoms with van der Waals surface area (Å²) >= 11 is 2.83. The highest BCUT2D eigenvalue weighted by molar-refractivity contribution is 7.13. The summed E-state index contributed by atoms with van der Waals surface area (Å²) in [5.41, 5.74) is 8.21. The van der Waals surface area contributed by atoms with E-state index in [2.05, 4.69) is 10.3 Å². The molecule has 0 spiro atoms. The number of thiazole rings is 1. The fourth-order valence-electron chi connectivity index (χ4n) is 1.74. The summed E-state index contributed by atoms with van der Waals surface area (Å²) in [6.45, 7) is 0. The van der Waals surface area contributed by atoms with Crippen LogP contribution in [0.25, 0.3) is 11.3 Å². The third-order valence-corrected chi connectivity index (χ3v) is 4.25. The number of hydrogen-bond acceptors (Lipinski definition) is 5. The molecular weight excluding hydrogens is 290 g/mol. The number of hydrogen-bond donors (Lipinski definition) is 2. The molecular formula is C14H11N3OS2. The van der Waals surface area contributed by atoms with Gasteiger partial charge in [0.1, 0.15) is 0 Å². The number of nitrogen functional groups attached to an aromatic ring is 1. The Bertz CT molecular complexity index is 717. The predicted octanol–water partition coefficient (Wildman–Crippen LogP) is 3.71. The monoisotopic (exact) mass is 301 g/mol. The molecule has 3 N–H and O–H groups in total. The molecule has 0 atom stereocenters.